The lowest BCUT2D eigenvalue weighted by Crippen LogP contribution is -2.10. The van der Waals surface area contributed by atoms with Gasteiger partial charge in [0.25, 0.3) is 0 Å². The number of anilines is 1. The van der Waals surface area contributed by atoms with Gasteiger partial charge in [-0.05, 0) is 36.1 Å². The van der Waals surface area contributed by atoms with Gasteiger partial charge in [0.05, 0.1) is 0 Å². The second kappa shape index (κ2) is 5.18. The van der Waals surface area contributed by atoms with E-state index < -0.39 is 5.97 Å². The third kappa shape index (κ3) is 2.68. The maximum Gasteiger partial charge on any atom is 0.345 e. The Morgan fingerprint density at radius 3 is 2.78 bits per heavy atom. The molecule has 4 nitrogen and oxygen atoms in total. The number of amides is 1. The first kappa shape index (κ1) is 12.6. The lowest BCUT2D eigenvalue weighted by molar-refractivity contribution is -0.116. The average molecular weight is 263 g/mol. The molecular weight excluding hydrogens is 250 g/mol. The fourth-order valence-corrected chi connectivity index (χ4v) is 2.56. The predicted molar refractivity (Wildman–Crippen MR) is 72.3 cm³/mol. The second-order valence-electron chi connectivity index (χ2n) is 3.97. The number of hydrogen-bond acceptors (Lipinski definition) is 3. The SMILES string of the molecule is CCCC(=O)Nc1ccc2sc(C(=O)O)cc2c1. The summed E-state index contributed by atoms with van der Waals surface area (Å²) >= 11 is 1.23. The Kier molecular flexibility index (Phi) is 3.62. The molecule has 0 atom stereocenters. The van der Waals surface area contributed by atoms with Gasteiger partial charge in [0.2, 0.25) is 5.91 Å². The Labute approximate surface area is 108 Å². The minimum Gasteiger partial charge on any atom is -0.477 e. The van der Waals surface area contributed by atoms with Gasteiger partial charge in [0.1, 0.15) is 4.88 Å². The minimum absolute atomic E-state index is 0.0227. The van der Waals surface area contributed by atoms with Crippen molar-refractivity contribution in [2.45, 2.75) is 19.8 Å². The van der Waals surface area contributed by atoms with Crippen LogP contribution in [0.4, 0.5) is 5.69 Å². The van der Waals surface area contributed by atoms with Crippen LogP contribution in [0.5, 0.6) is 0 Å². The average Bonchev–Trinajstić information content (AvgIpc) is 2.72. The van der Waals surface area contributed by atoms with Gasteiger partial charge in [0, 0.05) is 16.8 Å². The molecule has 94 valence electrons. The van der Waals surface area contributed by atoms with Crippen molar-refractivity contribution in [2.24, 2.45) is 0 Å². The van der Waals surface area contributed by atoms with Crippen molar-refractivity contribution in [3.05, 3.63) is 29.1 Å². The van der Waals surface area contributed by atoms with Crippen LogP contribution in [-0.4, -0.2) is 17.0 Å². The number of rotatable bonds is 4. The fraction of sp³-hybridized carbons (Fsp3) is 0.231. The zero-order valence-electron chi connectivity index (χ0n) is 9.90. The molecule has 2 rings (SSSR count). The third-order valence-corrected chi connectivity index (χ3v) is 3.59. The normalized spacial score (nSPS) is 10.5. The van der Waals surface area contributed by atoms with Crippen LogP contribution in [0.1, 0.15) is 29.4 Å². The molecule has 0 saturated heterocycles. The number of nitrogens with one attached hydrogen (secondary N) is 1. The number of carboxylic acid groups (broad SMARTS) is 1. The summed E-state index contributed by atoms with van der Waals surface area (Å²) in [6, 6.07) is 7.04. The third-order valence-electron chi connectivity index (χ3n) is 2.49. The van der Waals surface area contributed by atoms with Crippen LogP contribution in [-0.2, 0) is 4.79 Å². The Bertz CT molecular complexity index is 603. The van der Waals surface area contributed by atoms with Crippen molar-refractivity contribution < 1.29 is 14.7 Å². The van der Waals surface area contributed by atoms with E-state index in [1.54, 1.807) is 18.2 Å². The number of benzene rings is 1. The lowest BCUT2D eigenvalue weighted by Gasteiger charge is -2.03. The van der Waals surface area contributed by atoms with Crippen molar-refractivity contribution in [2.75, 3.05) is 5.32 Å². The standard InChI is InChI=1S/C13H13NO3S/c1-2-3-12(15)14-9-4-5-10-8(6-9)7-11(18-10)13(16)17/h4-7H,2-3H2,1H3,(H,14,15)(H,16,17). The number of carbonyl (C=O) groups excluding carboxylic acids is 1. The van der Waals surface area contributed by atoms with Gasteiger partial charge in [-0.15, -0.1) is 11.3 Å². The van der Waals surface area contributed by atoms with Crippen LogP contribution in [0.15, 0.2) is 24.3 Å². The van der Waals surface area contributed by atoms with E-state index in [-0.39, 0.29) is 5.91 Å². The van der Waals surface area contributed by atoms with Crippen molar-refractivity contribution in [3.63, 3.8) is 0 Å². The monoisotopic (exact) mass is 263 g/mol. The second-order valence-corrected chi connectivity index (χ2v) is 5.05. The largest absolute Gasteiger partial charge is 0.477 e. The van der Waals surface area contributed by atoms with Crippen LogP contribution >= 0.6 is 11.3 Å². The van der Waals surface area contributed by atoms with Crippen LogP contribution < -0.4 is 5.32 Å². The number of carbonyl (C=O) groups is 2. The quantitative estimate of drug-likeness (QED) is 0.889. The van der Waals surface area contributed by atoms with Crippen LogP contribution in [0.2, 0.25) is 0 Å². The zero-order chi connectivity index (χ0) is 13.1. The molecule has 1 aromatic carbocycles. The molecule has 1 amide bonds. The van der Waals surface area contributed by atoms with E-state index in [9.17, 15) is 9.59 Å². The molecule has 18 heavy (non-hydrogen) atoms. The van der Waals surface area contributed by atoms with Gasteiger partial charge < -0.3 is 10.4 Å². The summed E-state index contributed by atoms with van der Waals surface area (Å²) in [6.45, 7) is 1.95. The molecule has 0 fully saturated rings. The van der Waals surface area contributed by atoms with Crippen molar-refractivity contribution in [1.82, 2.24) is 0 Å². The molecular formula is C13H13NO3S. The maximum absolute atomic E-state index is 11.5. The Morgan fingerprint density at radius 2 is 2.11 bits per heavy atom. The van der Waals surface area contributed by atoms with E-state index in [1.165, 1.54) is 11.3 Å². The highest BCUT2D eigenvalue weighted by atomic mass is 32.1. The summed E-state index contributed by atoms with van der Waals surface area (Å²) in [7, 11) is 0. The van der Waals surface area contributed by atoms with Gasteiger partial charge in [-0.2, -0.15) is 0 Å². The van der Waals surface area contributed by atoms with E-state index in [2.05, 4.69) is 5.32 Å². The number of thiophene rings is 1. The van der Waals surface area contributed by atoms with E-state index in [0.29, 0.717) is 17.0 Å². The minimum atomic E-state index is -0.923. The van der Waals surface area contributed by atoms with E-state index >= 15 is 0 Å². The molecule has 0 aliphatic rings. The molecule has 0 unspecified atom stereocenters. The van der Waals surface area contributed by atoms with Gasteiger partial charge in [-0.1, -0.05) is 6.92 Å². The van der Waals surface area contributed by atoms with Gasteiger partial charge >= 0.3 is 5.97 Å². The maximum atomic E-state index is 11.5. The lowest BCUT2D eigenvalue weighted by atomic mass is 10.2. The summed E-state index contributed by atoms with van der Waals surface area (Å²) in [5.74, 6) is -0.946. The van der Waals surface area contributed by atoms with E-state index in [1.807, 2.05) is 13.0 Å². The zero-order valence-corrected chi connectivity index (χ0v) is 10.7. The van der Waals surface area contributed by atoms with E-state index in [4.69, 9.17) is 5.11 Å². The van der Waals surface area contributed by atoms with Gasteiger partial charge in [-0.25, -0.2) is 4.79 Å². The molecule has 0 spiro atoms. The molecule has 5 heteroatoms. The molecule has 1 aromatic heterocycles. The first-order valence-electron chi connectivity index (χ1n) is 5.67. The first-order valence-corrected chi connectivity index (χ1v) is 6.48. The highest BCUT2D eigenvalue weighted by Gasteiger charge is 2.09. The molecule has 0 radical (unpaired) electrons. The summed E-state index contributed by atoms with van der Waals surface area (Å²) < 4.78 is 0.904. The number of aromatic carboxylic acids is 1. The molecule has 2 aromatic rings. The summed E-state index contributed by atoms with van der Waals surface area (Å²) in [5, 5.41) is 12.5. The fourth-order valence-electron chi connectivity index (χ4n) is 1.68. The summed E-state index contributed by atoms with van der Waals surface area (Å²) in [6.07, 6.45) is 1.29. The summed E-state index contributed by atoms with van der Waals surface area (Å²) in [5.41, 5.74) is 0.704. The first-order chi connectivity index (χ1) is 8.60. The van der Waals surface area contributed by atoms with Crippen LogP contribution in [0.25, 0.3) is 10.1 Å². The van der Waals surface area contributed by atoms with Crippen LogP contribution in [0, 0.1) is 0 Å². The molecule has 1 heterocycles. The van der Waals surface area contributed by atoms with Crippen molar-refractivity contribution in [1.29, 1.82) is 0 Å². The summed E-state index contributed by atoms with van der Waals surface area (Å²) in [4.78, 5) is 22.6. The Balaban J connectivity index is 2.26. The van der Waals surface area contributed by atoms with E-state index in [0.717, 1.165) is 16.5 Å². The Hall–Kier alpha value is -1.88. The molecule has 0 saturated carbocycles. The highest BCUT2D eigenvalue weighted by molar-refractivity contribution is 7.20. The smallest absolute Gasteiger partial charge is 0.345 e. The number of fused-ring (bicyclic) bond motifs is 1. The Morgan fingerprint density at radius 1 is 1.33 bits per heavy atom. The predicted octanol–water partition coefficient (Wildman–Crippen LogP) is 3.34. The van der Waals surface area contributed by atoms with Crippen LogP contribution in [0.3, 0.4) is 0 Å². The van der Waals surface area contributed by atoms with Gasteiger partial charge in [-0.3, -0.25) is 4.79 Å². The highest BCUT2D eigenvalue weighted by Crippen LogP contribution is 2.28. The van der Waals surface area contributed by atoms with Crippen molar-refractivity contribution in [3.8, 4) is 0 Å². The molecule has 0 aliphatic carbocycles. The molecule has 2 N–H and O–H groups in total. The molecule has 0 bridgehead atoms. The van der Waals surface area contributed by atoms with Crippen molar-refractivity contribution >= 4 is 39.0 Å². The molecule has 0 aliphatic heterocycles. The number of carboxylic acids is 1. The van der Waals surface area contributed by atoms with Gasteiger partial charge in [0.15, 0.2) is 0 Å². The topological polar surface area (TPSA) is 66.4 Å². The number of hydrogen-bond donors (Lipinski definition) is 2.